The molecule has 0 spiro atoms. The first-order valence-electron chi connectivity index (χ1n) is 7.69. The number of anilines is 2. The largest absolute Gasteiger partial charge is 0.378 e. The van der Waals surface area contributed by atoms with Crippen LogP contribution in [0, 0.1) is 0 Å². The summed E-state index contributed by atoms with van der Waals surface area (Å²) < 4.78 is 5.38. The average Bonchev–Trinajstić information content (AvgIpc) is 2.62. The Morgan fingerprint density at radius 1 is 1.13 bits per heavy atom. The second kappa shape index (κ2) is 7.60. The summed E-state index contributed by atoms with van der Waals surface area (Å²) in [7, 11) is 0. The Morgan fingerprint density at radius 3 is 2.70 bits per heavy atom. The maximum atomic E-state index is 12.1. The minimum atomic E-state index is -0.239. The van der Waals surface area contributed by atoms with Gasteiger partial charge in [-0.2, -0.15) is 0 Å². The maximum Gasteiger partial charge on any atom is 0.319 e. The Kier molecular flexibility index (Phi) is 5.06. The molecule has 23 heavy (non-hydrogen) atoms. The van der Waals surface area contributed by atoms with Crippen LogP contribution >= 0.6 is 0 Å². The molecule has 0 bridgehead atoms. The fraction of sp³-hybridized carbons (Fsp3) is 0.294. The van der Waals surface area contributed by atoms with Gasteiger partial charge in [-0.05, 0) is 24.3 Å². The van der Waals surface area contributed by atoms with Crippen LogP contribution in [0.5, 0.6) is 0 Å². The maximum absolute atomic E-state index is 12.1. The van der Waals surface area contributed by atoms with Crippen LogP contribution in [0.1, 0.15) is 5.69 Å². The van der Waals surface area contributed by atoms with Crippen LogP contribution in [0.25, 0.3) is 0 Å². The third kappa shape index (κ3) is 4.20. The molecule has 1 aromatic heterocycles. The van der Waals surface area contributed by atoms with Gasteiger partial charge in [0.25, 0.3) is 0 Å². The van der Waals surface area contributed by atoms with E-state index < -0.39 is 0 Å². The number of aromatic nitrogens is 1. The highest BCUT2D eigenvalue weighted by Gasteiger charge is 2.15. The van der Waals surface area contributed by atoms with Crippen molar-refractivity contribution in [3.63, 3.8) is 0 Å². The molecule has 2 aromatic rings. The quantitative estimate of drug-likeness (QED) is 0.908. The molecule has 6 heteroatoms. The van der Waals surface area contributed by atoms with E-state index in [1.807, 2.05) is 42.5 Å². The summed E-state index contributed by atoms with van der Waals surface area (Å²) in [5.74, 6) is 0. The number of carbonyl (C=O) groups excluding carboxylic acids is 1. The summed E-state index contributed by atoms with van der Waals surface area (Å²) in [4.78, 5) is 18.5. The van der Waals surface area contributed by atoms with Gasteiger partial charge in [0.2, 0.25) is 0 Å². The Labute approximate surface area is 135 Å². The number of pyridine rings is 1. The fourth-order valence-corrected chi connectivity index (χ4v) is 2.50. The molecule has 3 rings (SSSR count). The van der Waals surface area contributed by atoms with E-state index in [0.717, 1.165) is 30.2 Å². The number of amides is 2. The zero-order valence-corrected chi connectivity index (χ0v) is 12.9. The number of urea groups is 1. The van der Waals surface area contributed by atoms with Crippen LogP contribution in [-0.4, -0.2) is 37.3 Å². The lowest BCUT2D eigenvalue weighted by molar-refractivity contribution is 0.123. The second-order valence-electron chi connectivity index (χ2n) is 5.25. The van der Waals surface area contributed by atoms with Gasteiger partial charge in [0.05, 0.1) is 36.8 Å². The van der Waals surface area contributed by atoms with Crippen LogP contribution < -0.4 is 15.5 Å². The lowest BCUT2D eigenvalue weighted by Crippen LogP contribution is -2.37. The van der Waals surface area contributed by atoms with Crippen LogP contribution in [0.15, 0.2) is 48.7 Å². The van der Waals surface area contributed by atoms with E-state index in [1.54, 1.807) is 6.20 Å². The Morgan fingerprint density at radius 2 is 1.91 bits per heavy atom. The molecule has 0 atom stereocenters. The van der Waals surface area contributed by atoms with Crippen molar-refractivity contribution in [2.24, 2.45) is 0 Å². The molecule has 0 saturated carbocycles. The molecular formula is C17H20N4O2. The minimum Gasteiger partial charge on any atom is -0.378 e. The molecule has 1 aliphatic rings. The van der Waals surface area contributed by atoms with Crippen molar-refractivity contribution in [3.8, 4) is 0 Å². The summed E-state index contributed by atoms with van der Waals surface area (Å²) >= 11 is 0. The summed E-state index contributed by atoms with van der Waals surface area (Å²) in [5, 5.41) is 5.74. The van der Waals surface area contributed by atoms with Gasteiger partial charge >= 0.3 is 6.03 Å². The Balaban J connectivity index is 1.62. The van der Waals surface area contributed by atoms with Crippen molar-refractivity contribution in [2.75, 3.05) is 36.5 Å². The molecule has 1 aromatic carbocycles. The number of morpholine rings is 1. The number of ether oxygens (including phenoxy) is 1. The molecule has 1 fully saturated rings. The Bertz CT molecular complexity index is 642. The highest BCUT2D eigenvalue weighted by Crippen LogP contribution is 2.26. The molecule has 1 aliphatic heterocycles. The van der Waals surface area contributed by atoms with E-state index in [4.69, 9.17) is 4.74 Å². The van der Waals surface area contributed by atoms with Crippen LogP contribution in [0.2, 0.25) is 0 Å². The zero-order chi connectivity index (χ0) is 15.9. The highest BCUT2D eigenvalue weighted by atomic mass is 16.5. The van der Waals surface area contributed by atoms with Crippen molar-refractivity contribution < 1.29 is 9.53 Å². The fourth-order valence-electron chi connectivity index (χ4n) is 2.50. The first kappa shape index (κ1) is 15.3. The molecule has 1 saturated heterocycles. The molecule has 0 unspecified atom stereocenters. The van der Waals surface area contributed by atoms with Gasteiger partial charge in [0.1, 0.15) is 0 Å². The summed E-state index contributed by atoms with van der Waals surface area (Å²) in [5.41, 5.74) is 2.64. The lowest BCUT2D eigenvalue weighted by Gasteiger charge is -2.30. The number of benzene rings is 1. The number of hydrogen-bond donors (Lipinski definition) is 2. The van der Waals surface area contributed by atoms with Gasteiger partial charge in [0, 0.05) is 19.3 Å². The highest BCUT2D eigenvalue weighted by molar-refractivity contribution is 5.93. The topological polar surface area (TPSA) is 66.5 Å². The van der Waals surface area contributed by atoms with E-state index in [0.29, 0.717) is 19.8 Å². The molecule has 2 N–H and O–H groups in total. The number of para-hydroxylation sites is 2. The molecule has 0 radical (unpaired) electrons. The SMILES string of the molecule is O=C(NCc1ccccn1)Nc1ccccc1N1CCOCC1. The number of rotatable bonds is 4. The van der Waals surface area contributed by atoms with E-state index in [1.165, 1.54) is 0 Å². The third-order valence-electron chi connectivity index (χ3n) is 3.66. The van der Waals surface area contributed by atoms with E-state index >= 15 is 0 Å². The Hall–Kier alpha value is -2.60. The van der Waals surface area contributed by atoms with Crippen LogP contribution in [0.4, 0.5) is 16.2 Å². The smallest absolute Gasteiger partial charge is 0.319 e. The normalized spacial score (nSPS) is 14.3. The minimum absolute atomic E-state index is 0.239. The monoisotopic (exact) mass is 312 g/mol. The standard InChI is InChI=1S/C17H20N4O2/c22-17(19-13-14-5-3-4-8-18-14)20-15-6-1-2-7-16(15)21-9-11-23-12-10-21/h1-8H,9-13H2,(H2,19,20,22). The van der Waals surface area contributed by atoms with Crippen LogP contribution in [0.3, 0.4) is 0 Å². The number of carbonyl (C=O) groups is 1. The molecule has 6 nitrogen and oxygen atoms in total. The van der Waals surface area contributed by atoms with Crippen molar-refractivity contribution in [1.29, 1.82) is 0 Å². The van der Waals surface area contributed by atoms with Gasteiger partial charge in [-0.1, -0.05) is 18.2 Å². The van der Waals surface area contributed by atoms with Crippen LogP contribution in [-0.2, 0) is 11.3 Å². The molecule has 2 heterocycles. The van der Waals surface area contributed by atoms with E-state index in [-0.39, 0.29) is 6.03 Å². The zero-order valence-electron chi connectivity index (χ0n) is 12.9. The van der Waals surface area contributed by atoms with Gasteiger partial charge < -0.3 is 20.3 Å². The third-order valence-corrected chi connectivity index (χ3v) is 3.66. The lowest BCUT2D eigenvalue weighted by atomic mass is 10.2. The molecule has 2 amide bonds. The first-order valence-corrected chi connectivity index (χ1v) is 7.69. The van der Waals surface area contributed by atoms with Gasteiger partial charge in [0.15, 0.2) is 0 Å². The summed E-state index contributed by atoms with van der Waals surface area (Å²) in [6, 6.07) is 13.2. The van der Waals surface area contributed by atoms with Crippen molar-refractivity contribution >= 4 is 17.4 Å². The molecule has 0 aliphatic carbocycles. The predicted molar refractivity (Wildman–Crippen MR) is 89.6 cm³/mol. The van der Waals surface area contributed by atoms with Crippen molar-refractivity contribution in [3.05, 3.63) is 54.4 Å². The number of nitrogens with zero attached hydrogens (tertiary/aromatic N) is 2. The number of hydrogen-bond acceptors (Lipinski definition) is 4. The first-order chi connectivity index (χ1) is 11.3. The van der Waals surface area contributed by atoms with E-state index in [9.17, 15) is 4.79 Å². The van der Waals surface area contributed by atoms with Crippen molar-refractivity contribution in [2.45, 2.75) is 6.54 Å². The molecule has 120 valence electrons. The second-order valence-corrected chi connectivity index (χ2v) is 5.25. The summed E-state index contributed by atoms with van der Waals surface area (Å²) in [6.07, 6.45) is 1.71. The van der Waals surface area contributed by atoms with Gasteiger partial charge in [-0.25, -0.2) is 4.79 Å². The average molecular weight is 312 g/mol. The van der Waals surface area contributed by atoms with Gasteiger partial charge in [-0.15, -0.1) is 0 Å². The predicted octanol–water partition coefficient (Wildman–Crippen LogP) is 2.24. The molecular weight excluding hydrogens is 292 g/mol. The van der Waals surface area contributed by atoms with Gasteiger partial charge in [-0.3, -0.25) is 4.98 Å². The van der Waals surface area contributed by atoms with E-state index in [2.05, 4.69) is 20.5 Å². The number of nitrogens with one attached hydrogen (secondary N) is 2. The van der Waals surface area contributed by atoms with Crippen molar-refractivity contribution in [1.82, 2.24) is 10.3 Å². The summed E-state index contributed by atoms with van der Waals surface area (Å²) in [6.45, 7) is 3.47.